The lowest BCUT2D eigenvalue weighted by molar-refractivity contribution is 0.0312. The van der Waals surface area contributed by atoms with E-state index < -0.39 is 0 Å². The van der Waals surface area contributed by atoms with Gasteiger partial charge in [0.15, 0.2) is 0 Å². The Kier molecular flexibility index (Phi) is 5.58. The first-order valence-electron chi connectivity index (χ1n) is 6.20. The third-order valence-electron chi connectivity index (χ3n) is 3.13. The van der Waals surface area contributed by atoms with Crippen molar-refractivity contribution < 1.29 is 4.74 Å². The van der Waals surface area contributed by atoms with Gasteiger partial charge in [0.25, 0.3) is 0 Å². The molecule has 0 amide bonds. The second-order valence-electron chi connectivity index (χ2n) is 4.82. The van der Waals surface area contributed by atoms with Crippen LogP contribution in [0.15, 0.2) is 0 Å². The minimum Gasteiger partial charge on any atom is -0.380 e. The van der Waals surface area contributed by atoms with E-state index >= 15 is 0 Å². The number of hydrogen-bond donors (Lipinski definition) is 1. The van der Waals surface area contributed by atoms with Crippen molar-refractivity contribution in [3.8, 4) is 0 Å². The fourth-order valence-electron chi connectivity index (χ4n) is 2.22. The lowest BCUT2D eigenvalue weighted by atomic mass is 10.0. The van der Waals surface area contributed by atoms with Gasteiger partial charge in [0.05, 0.1) is 6.61 Å². The lowest BCUT2D eigenvalue weighted by Gasteiger charge is -2.39. The van der Waals surface area contributed by atoms with Crippen molar-refractivity contribution >= 4 is 0 Å². The molecule has 1 aliphatic rings. The minimum atomic E-state index is 0.578. The van der Waals surface area contributed by atoms with Gasteiger partial charge in [-0.2, -0.15) is 0 Å². The Balaban J connectivity index is 2.46. The monoisotopic (exact) mass is 214 g/mol. The molecular weight excluding hydrogens is 188 g/mol. The summed E-state index contributed by atoms with van der Waals surface area (Å²) in [5, 5.41) is 3.48. The fourth-order valence-corrected chi connectivity index (χ4v) is 2.22. The van der Waals surface area contributed by atoms with Crippen molar-refractivity contribution in [3.05, 3.63) is 0 Å². The van der Waals surface area contributed by atoms with Gasteiger partial charge in [-0.3, -0.25) is 4.90 Å². The maximum atomic E-state index is 5.58. The average molecular weight is 214 g/mol. The largest absolute Gasteiger partial charge is 0.380 e. The molecule has 0 spiro atoms. The summed E-state index contributed by atoms with van der Waals surface area (Å²) in [7, 11) is 0. The first-order valence-corrected chi connectivity index (χ1v) is 6.20. The van der Waals surface area contributed by atoms with Gasteiger partial charge >= 0.3 is 0 Å². The van der Waals surface area contributed by atoms with Crippen molar-refractivity contribution in [1.82, 2.24) is 10.2 Å². The summed E-state index contributed by atoms with van der Waals surface area (Å²) in [6.07, 6.45) is 0. The molecule has 90 valence electrons. The molecule has 2 atom stereocenters. The Hall–Kier alpha value is -0.120. The highest BCUT2D eigenvalue weighted by atomic mass is 16.5. The molecule has 1 fully saturated rings. The van der Waals surface area contributed by atoms with Gasteiger partial charge < -0.3 is 10.1 Å². The molecule has 1 heterocycles. The van der Waals surface area contributed by atoms with Crippen LogP contribution in [0, 0.1) is 5.92 Å². The van der Waals surface area contributed by atoms with Crippen LogP contribution in [0.5, 0.6) is 0 Å². The number of hydrogen-bond acceptors (Lipinski definition) is 3. The number of piperazine rings is 1. The highest BCUT2D eigenvalue weighted by Gasteiger charge is 2.25. The zero-order chi connectivity index (χ0) is 11.3. The van der Waals surface area contributed by atoms with Crippen LogP contribution >= 0.6 is 0 Å². The first-order chi connectivity index (χ1) is 7.15. The molecule has 3 heteroatoms. The molecule has 3 nitrogen and oxygen atoms in total. The van der Waals surface area contributed by atoms with Gasteiger partial charge in [-0.1, -0.05) is 13.8 Å². The zero-order valence-electron chi connectivity index (χ0n) is 10.6. The zero-order valence-corrected chi connectivity index (χ0v) is 10.6. The standard InChI is InChI=1S/C12H26N2O/c1-5-15-9-12(10(2)3)14-7-6-13-11(4)8-14/h10-13H,5-9H2,1-4H3. The molecule has 0 saturated carbocycles. The Morgan fingerprint density at radius 3 is 2.73 bits per heavy atom. The molecule has 1 rings (SSSR count). The predicted molar refractivity (Wildman–Crippen MR) is 64.2 cm³/mol. The maximum absolute atomic E-state index is 5.58. The van der Waals surface area contributed by atoms with E-state index in [1.165, 1.54) is 0 Å². The van der Waals surface area contributed by atoms with Gasteiger partial charge in [0.1, 0.15) is 0 Å². The third-order valence-corrected chi connectivity index (χ3v) is 3.13. The average Bonchev–Trinajstić information content (AvgIpc) is 2.18. The Morgan fingerprint density at radius 1 is 1.47 bits per heavy atom. The van der Waals surface area contributed by atoms with E-state index in [2.05, 4.69) is 37.9 Å². The molecule has 0 radical (unpaired) electrons. The van der Waals surface area contributed by atoms with Gasteiger partial charge in [0, 0.05) is 38.3 Å². The van der Waals surface area contributed by atoms with Crippen molar-refractivity contribution in [2.45, 2.75) is 39.8 Å². The normalized spacial score (nSPS) is 25.8. The predicted octanol–water partition coefficient (Wildman–Crippen LogP) is 1.34. The van der Waals surface area contributed by atoms with E-state index in [0.29, 0.717) is 18.0 Å². The van der Waals surface area contributed by atoms with Crippen LogP contribution in [-0.4, -0.2) is 49.8 Å². The third kappa shape index (κ3) is 4.09. The quantitative estimate of drug-likeness (QED) is 0.747. The van der Waals surface area contributed by atoms with Gasteiger partial charge in [-0.05, 0) is 19.8 Å². The van der Waals surface area contributed by atoms with Gasteiger partial charge in [-0.15, -0.1) is 0 Å². The topological polar surface area (TPSA) is 24.5 Å². The second kappa shape index (κ2) is 6.46. The highest BCUT2D eigenvalue weighted by molar-refractivity contribution is 4.82. The van der Waals surface area contributed by atoms with E-state index in [1.807, 2.05) is 0 Å². The Morgan fingerprint density at radius 2 is 2.20 bits per heavy atom. The van der Waals surface area contributed by atoms with Crippen LogP contribution in [0.4, 0.5) is 0 Å². The van der Waals surface area contributed by atoms with Crippen molar-refractivity contribution in [1.29, 1.82) is 0 Å². The highest BCUT2D eigenvalue weighted by Crippen LogP contribution is 2.13. The van der Waals surface area contributed by atoms with E-state index in [4.69, 9.17) is 4.74 Å². The number of nitrogens with zero attached hydrogens (tertiary/aromatic N) is 1. The number of nitrogens with one attached hydrogen (secondary N) is 1. The van der Waals surface area contributed by atoms with Gasteiger partial charge in [-0.25, -0.2) is 0 Å². The summed E-state index contributed by atoms with van der Waals surface area (Å²) in [5.41, 5.74) is 0. The number of rotatable bonds is 5. The second-order valence-corrected chi connectivity index (χ2v) is 4.82. The molecule has 0 aromatic heterocycles. The molecule has 1 N–H and O–H groups in total. The summed E-state index contributed by atoms with van der Waals surface area (Å²) in [6.45, 7) is 14.0. The van der Waals surface area contributed by atoms with Crippen LogP contribution in [0.2, 0.25) is 0 Å². The maximum Gasteiger partial charge on any atom is 0.0624 e. The van der Waals surface area contributed by atoms with E-state index in [1.54, 1.807) is 0 Å². The molecule has 1 aliphatic heterocycles. The van der Waals surface area contributed by atoms with Crippen molar-refractivity contribution in [2.75, 3.05) is 32.8 Å². The van der Waals surface area contributed by atoms with Gasteiger partial charge in [0.2, 0.25) is 0 Å². The van der Waals surface area contributed by atoms with Crippen LogP contribution < -0.4 is 5.32 Å². The smallest absolute Gasteiger partial charge is 0.0624 e. The fraction of sp³-hybridized carbons (Fsp3) is 1.00. The summed E-state index contributed by atoms with van der Waals surface area (Å²) < 4.78 is 5.58. The summed E-state index contributed by atoms with van der Waals surface area (Å²) in [5.74, 6) is 0.668. The van der Waals surface area contributed by atoms with Crippen molar-refractivity contribution in [3.63, 3.8) is 0 Å². The van der Waals surface area contributed by atoms with Crippen LogP contribution in [0.3, 0.4) is 0 Å². The van der Waals surface area contributed by atoms with E-state index in [-0.39, 0.29) is 0 Å². The van der Waals surface area contributed by atoms with E-state index in [0.717, 1.165) is 32.8 Å². The van der Waals surface area contributed by atoms with Crippen LogP contribution in [0.25, 0.3) is 0 Å². The molecule has 1 saturated heterocycles. The number of ether oxygens (including phenoxy) is 1. The first kappa shape index (κ1) is 12.9. The molecule has 15 heavy (non-hydrogen) atoms. The lowest BCUT2D eigenvalue weighted by Crippen LogP contribution is -2.55. The van der Waals surface area contributed by atoms with E-state index in [9.17, 15) is 0 Å². The molecule has 0 bridgehead atoms. The minimum absolute atomic E-state index is 0.578. The summed E-state index contributed by atoms with van der Waals surface area (Å²) in [4.78, 5) is 2.57. The molecule has 0 aliphatic carbocycles. The SMILES string of the molecule is CCOCC(C(C)C)N1CCNC(C)C1. The molecule has 0 aromatic carbocycles. The Bertz CT molecular complexity index is 173. The summed E-state index contributed by atoms with van der Waals surface area (Å²) in [6, 6.07) is 1.19. The van der Waals surface area contributed by atoms with Crippen molar-refractivity contribution in [2.24, 2.45) is 5.92 Å². The van der Waals surface area contributed by atoms with Crippen LogP contribution in [-0.2, 0) is 4.74 Å². The Labute approximate surface area is 94.2 Å². The van der Waals surface area contributed by atoms with Crippen LogP contribution in [0.1, 0.15) is 27.7 Å². The summed E-state index contributed by atoms with van der Waals surface area (Å²) >= 11 is 0. The molecule has 0 aromatic rings. The molecule has 2 unspecified atom stereocenters. The molecular formula is C12H26N2O.